The second-order valence-corrected chi connectivity index (χ2v) is 3.03. The fraction of sp³-hybridized carbons (Fsp3) is 0.375. The van der Waals surface area contributed by atoms with Gasteiger partial charge in [0, 0.05) is 6.54 Å². The van der Waals surface area contributed by atoms with E-state index in [1.807, 2.05) is 4.57 Å². The maximum Gasteiger partial charge on any atom is 0.173 e. The first-order valence-corrected chi connectivity index (χ1v) is 4.46. The lowest BCUT2D eigenvalue weighted by Gasteiger charge is -2.04. The van der Waals surface area contributed by atoms with Crippen molar-refractivity contribution in [3.63, 3.8) is 0 Å². The average Bonchev–Trinajstić information content (AvgIpc) is 2.66. The van der Waals surface area contributed by atoms with Crippen LogP contribution in [0.4, 0.5) is 0 Å². The lowest BCUT2D eigenvalue weighted by atomic mass is 10.4. The molecule has 0 aliphatic heterocycles. The van der Waals surface area contributed by atoms with Crippen LogP contribution >= 0.6 is 0 Å². The number of nitrogens with one attached hydrogen (secondary N) is 2. The van der Waals surface area contributed by atoms with Crippen molar-refractivity contribution in [1.29, 1.82) is 5.41 Å². The number of aryl methyl sites for hydroxylation is 1. The number of hydrogen-bond donors (Lipinski definition) is 3. The van der Waals surface area contributed by atoms with Gasteiger partial charge >= 0.3 is 0 Å². The molecule has 0 aromatic carbocycles. The summed E-state index contributed by atoms with van der Waals surface area (Å²) in [5.74, 6) is 0. The average molecular weight is 192 g/mol. The first kappa shape index (κ1) is 8.89. The Labute approximate surface area is 80.3 Å². The molecule has 0 saturated carbocycles. The molecule has 2 aromatic heterocycles. The van der Waals surface area contributed by atoms with Gasteiger partial charge in [-0.15, -0.1) is 0 Å². The van der Waals surface area contributed by atoms with Crippen LogP contribution in [0.25, 0.3) is 11.2 Å². The van der Waals surface area contributed by atoms with E-state index in [0.29, 0.717) is 12.1 Å². The Hall–Kier alpha value is -1.69. The van der Waals surface area contributed by atoms with Crippen LogP contribution in [-0.4, -0.2) is 26.1 Å². The summed E-state index contributed by atoms with van der Waals surface area (Å²) in [7, 11) is 0. The van der Waals surface area contributed by atoms with E-state index in [0.717, 1.165) is 18.6 Å². The van der Waals surface area contributed by atoms with Gasteiger partial charge in [-0.05, 0) is 13.0 Å². The minimum atomic E-state index is 0.224. The molecule has 6 nitrogen and oxygen atoms in total. The number of aromatic amines is 1. The Morgan fingerprint density at radius 1 is 1.50 bits per heavy atom. The Morgan fingerprint density at radius 3 is 3.14 bits per heavy atom. The molecule has 2 aromatic rings. The summed E-state index contributed by atoms with van der Waals surface area (Å²) < 4.78 is 1.90. The summed E-state index contributed by atoms with van der Waals surface area (Å²) >= 11 is 0. The van der Waals surface area contributed by atoms with Crippen molar-refractivity contribution in [3.8, 4) is 0 Å². The summed E-state index contributed by atoms with van der Waals surface area (Å²) in [6.45, 7) is 1.42. The normalized spacial score (nSPS) is 10.9. The van der Waals surface area contributed by atoms with Crippen molar-refractivity contribution in [3.05, 3.63) is 18.1 Å². The van der Waals surface area contributed by atoms with Crippen LogP contribution in [0.1, 0.15) is 6.42 Å². The number of aromatic nitrogens is 4. The molecule has 0 aliphatic rings. The molecule has 0 saturated heterocycles. The number of hydrogen-bond acceptors (Lipinski definition) is 4. The quantitative estimate of drug-likeness (QED) is 0.616. The summed E-state index contributed by atoms with van der Waals surface area (Å²) in [6.07, 6.45) is 4.08. The zero-order valence-corrected chi connectivity index (χ0v) is 7.70. The second kappa shape index (κ2) is 3.59. The van der Waals surface area contributed by atoms with E-state index in [1.54, 1.807) is 12.7 Å². The van der Waals surface area contributed by atoms with Crippen molar-refractivity contribution in [2.45, 2.75) is 13.0 Å². The predicted molar refractivity (Wildman–Crippen MR) is 51.4 cm³/mol. The van der Waals surface area contributed by atoms with Crippen LogP contribution < -0.4 is 11.2 Å². The number of H-pyrrole nitrogens is 1. The van der Waals surface area contributed by atoms with Crippen LogP contribution in [-0.2, 0) is 6.54 Å². The third kappa shape index (κ3) is 1.39. The van der Waals surface area contributed by atoms with Crippen molar-refractivity contribution >= 4 is 11.2 Å². The topological polar surface area (TPSA) is 96.4 Å². The summed E-state index contributed by atoms with van der Waals surface area (Å²) in [5.41, 5.74) is 7.08. The van der Waals surface area contributed by atoms with Crippen molar-refractivity contribution in [2.24, 2.45) is 5.73 Å². The SMILES string of the molecule is N=c1ncn(CCCN)c2nc[nH]c12. The third-order valence-electron chi connectivity index (χ3n) is 2.06. The maximum absolute atomic E-state index is 7.53. The summed E-state index contributed by atoms with van der Waals surface area (Å²) in [4.78, 5) is 11.0. The van der Waals surface area contributed by atoms with Crippen LogP contribution in [0.5, 0.6) is 0 Å². The van der Waals surface area contributed by atoms with Gasteiger partial charge in [-0.3, -0.25) is 5.41 Å². The van der Waals surface area contributed by atoms with Gasteiger partial charge in [-0.25, -0.2) is 9.97 Å². The summed E-state index contributed by atoms with van der Waals surface area (Å²) in [6, 6.07) is 0. The molecule has 2 heterocycles. The number of fused-ring (bicyclic) bond motifs is 1. The van der Waals surface area contributed by atoms with Crippen molar-refractivity contribution in [2.75, 3.05) is 6.54 Å². The Bertz CT molecular complexity index is 482. The number of nitrogens with zero attached hydrogens (tertiary/aromatic N) is 3. The van der Waals surface area contributed by atoms with Gasteiger partial charge in [0.15, 0.2) is 11.1 Å². The van der Waals surface area contributed by atoms with Crippen molar-refractivity contribution in [1.82, 2.24) is 19.5 Å². The Kier molecular flexibility index (Phi) is 2.28. The molecule has 14 heavy (non-hydrogen) atoms. The summed E-state index contributed by atoms with van der Waals surface area (Å²) in [5, 5.41) is 7.53. The molecule has 0 fully saturated rings. The van der Waals surface area contributed by atoms with Gasteiger partial charge in [0.25, 0.3) is 0 Å². The molecule has 0 spiro atoms. The molecule has 0 unspecified atom stereocenters. The van der Waals surface area contributed by atoms with Crippen LogP contribution in [0.2, 0.25) is 0 Å². The van der Waals surface area contributed by atoms with Crippen LogP contribution in [0, 0.1) is 5.41 Å². The zero-order chi connectivity index (χ0) is 9.97. The van der Waals surface area contributed by atoms with Gasteiger partial charge in [0.2, 0.25) is 0 Å². The van der Waals surface area contributed by atoms with Gasteiger partial charge in [-0.1, -0.05) is 0 Å². The van der Waals surface area contributed by atoms with Gasteiger partial charge in [0.1, 0.15) is 5.52 Å². The molecule has 6 heteroatoms. The highest BCUT2D eigenvalue weighted by Crippen LogP contribution is 2.02. The Morgan fingerprint density at radius 2 is 2.36 bits per heavy atom. The zero-order valence-electron chi connectivity index (χ0n) is 7.70. The lowest BCUT2D eigenvalue weighted by molar-refractivity contribution is 0.649. The van der Waals surface area contributed by atoms with E-state index < -0.39 is 0 Å². The minimum Gasteiger partial charge on any atom is -0.340 e. The van der Waals surface area contributed by atoms with Gasteiger partial charge in [0.05, 0.1) is 12.7 Å². The van der Waals surface area contributed by atoms with Crippen LogP contribution in [0.15, 0.2) is 12.7 Å². The monoisotopic (exact) mass is 192 g/mol. The minimum absolute atomic E-state index is 0.224. The lowest BCUT2D eigenvalue weighted by Crippen LogP contribution is -2.14. The van der Waals surface area contributed by atoms with E-state index in [9.17, 15) is 0 Å². The predicted octanol–water partition coefficient (Wildman–Crippen LogP) is -0.412. The molecule has 0 atom stereocenters. The number of rotatable bonds is 3. The van der Waals surface area contributed by atoms with Crippen LogP contribution in [0.3, 0.4) is 0 Å². The second-order valence-electron chi connectivity index (χ2n) is 3.03. The molecule has 74 valence electrons. The van der Waals surface area contributed by atoms with E-state index in [1.165, 1.54) is 0 Å². The highest BCUT2D eigenvalue weighted by molar-refractivity contribution is 5.68. The molecular formula is C8H12N6. The number of imidazole rings is 1. The molecule has 0 amide bonds. The molecule has 0 bridgehead atoms. The van der Waals surface area contributed by atoms with Gasteiger partial charge < -0.3 is 15.3 Å². The molecular weight excluding hydrogens is 180 g/mol. The highest BCUT2D eigenvalue weighted by atomic mass is 15.1. The molecule has 0 aliphatic carbocycles. The van der Waals surface area contributed by atoms with E-state index in [4.69, 9.17) is 11.1 Å². The van der Waals surface area contributed by atoms with E-state index >= 15 is 0 Å². The molecule has 2 rings (SSSR count). The van der Waals surface area contributed by atoms with Gasteiger partial charge in [-0.2, -0.15) is 0 Å². The highest BCUT2D eigenvalue weighted by Gasteiger charge is 2.02. The largest absolute Gasteiger partial charge is 0.340 e. The maximum atomic E-state index is 7.53. The molecule has 0 radical (unpaired) electrons. The standard InChI is InChI=1S/C8H12N6/c9-2-1-3-14-5-13-7(10)6-8(14)12-4-11-6/h4-5,10H,1-3,9H2,(H,11,12). The van der Waals surface area contributed by atoms with E-state index in [-0.39, 0.29) is 5.49 Å². The first-order valence-electron chi connectivity index (χ1n) is 4.46. The fourth-order valence-electron chi connectivity index (χ4n) is 1.35. The number of nitrogens with two attached hydrogens (primary N) is 1. The third-order valence-corrected chi connectivity index (χ3v) is 2.06. The molecule has 4 N–H and O–H groups in total. The fourth-order valence-corrected chi connectivity index (χ4v) is 1.35. The Balaban J connectivity index is 2.50. The first-order chi connectivity index (χ1) is 6.83. The van der Waals surface area contributed by atoms with Crippen molar-refractivity contribution < 1.29 is 0 Å². The smallest absolute Gasteiger partial charge is 0.173 e. The van der Waals surface area contributed by atoms with E-state index in [2.05, 4.69) is 15.0 Å².